The van der Waals surface area contributed by atoms with Gasteiger partial charge in [-0.1, -0.05) is 30.3 Å². The van der Waals surface area contributed by atoms with Crippen LogP contribution in [-0.2, 0) is 22.6 Å². The topological polar surface area (TPSA) is 53.5 Å². The van der Waals surface area contributed by atoms with Gasteiger partial charge < -0.3 is 9.80 Å². The predicted molar refractivity (Wildman–Crippen MR) is 100 cm³/mol. The average molecular weight is 351 g/mol. The van der Waals surface area contributed by atoms with E-state index in [1.54, 1.807) is 17.3 Å². The third kappa shape index (κ3) is 4.28. The Bertz CT molecular complexity index is 733. The fraction of sp³-hybridized carbons (Fsp3) is 0.381. The second kappa shape index (κ2) is 8.61. The van der Waals surface area contributed by atoms with Crippen molar-refractivity contribution in [3.05, 3.63) is 66.0 Å². The van der Waals surface area contributed by atoms with Crippen molar-refractivity contribution in [1.82, 2.24) is 14.8 Å². The van der Waals surface area contributed by atoms with Crippen LogP contribution in [0.4, 0.5) is 0 Å². The number of rotatable bonds is 7. The summed E-state index contributed by atoms with van der Waals surface area (Å²) in [5.74, 6) is 0.126. The van der Waals surface area contributed by atoms with E-state index in [9.17, 15) is 9.59 Å². The zero-order chi connectivity index (χ0) is 18.4. The van der Waals surface area contributed by atoms with E-state index in [-0.39, 0.29) is 17.9 Å². The molecule has 5 heteroatoms. The molecule has 1 aromatic carbocycles. The maximum absolute atomic E-state index is 13.1. The van der Waals surface area contributed by atoms with Gasteiger partial charge >= 0.3 is 0 Å². The quantitative estimate of drug-likeness (QED) is 0.771. The molecule has 0 bridgehead atoms. The highest BCUT2D eigenvalue weighted by molar-refractivity contribution is 5.91. The van der Waals surface area contributed by atoms with E-state index in [4.69, 9.17) is 0 Å². The molecule has 2 amide bonds. The molecule has 2 aromatic rings. The second-order valence-electron chi connectivity index (χ2n) is 6.59. The van der Waals surface area contributed by atoms with Crippen LogP contribution in [0.3, 0.4) is 0 Å². The molecule has 1 aromatic heterocycles. The van der Waals surface area contributed by atoms with E-state index in [2.05, 4.69) is 4.98 Å². The Hall–Kier alpha value is -2.69. The molecular formula is C21H25N3O2. The normalized spacial score (nSPS) is 16.7. The number of pyridine rings is 1. The summed E-state index contributed by atoms with van der Waals surface area (Å²) in [4.78, 5) is 33.0. The molecule has 0 radical (unpaired) electrons. The number of aromatic nitrogens is 1. The van der Waals surface area contributed by atoms with Crippen LogP contribution in [0.5, 0.6) is 0 Å². The zero-order valence-electron chi connectivity index (χ0n) is 15.2. The lowest BCUT2D eigenvalue weighted by Gasteiger charge is -2.30. The molecule has 1 atom stereocenters. The number of carbonyl (C=O) groups excluding carboxylic acids is 2. The highest BCUT2D eigenvalue weighted by Crippen LogP contribution is 2.23. The SMILES string of the molecule is CCN(CCc1ccncc1)C(=O)C1CCC(=O)N1Cc1ccccc1. The van der Waals surface area contributed by atoms with Crippen LogP contribution in [-0.4, -0.2) is 45.7 Å². The van der Waals surface area contributed by atoms with Crippen molar-refractivity contribution in [2.24, 2.45) is 0 Å². The van der Waals surface area contributed by atoms with Crippen molar-refractivity contribution >= 4 is 11.8 Å². The van der Waals surface area contributed by atoms with E-state index in [1.807, 2.05) is 54.3 Å². The Kier molecular flexibility index (Phi) is 6.00. The fourth-order valence-electron chi connectivity index (χ4n) is 3.42. The first kappa shape index (κ1) is 18.1. The third-order valence-corrected chi connectivity index (χ3v) is 4.92. The van der Waals surface area contributed by atoms with Gasteiger partial charge in [0, 0.05) is 38.4 Å². The highest BCUT2D eigenvalue weighted by atomic mass is 16.2. The highest BCUT2D eigenvalue weighted by Gasteiger charge is 2.37. The largest absolute Gasteiger partial charge is 0.341 e. The van der Waals surface area contributed by atoms with Gasteiger partial charge in [0.25, 0.3) is 0 Å². The van der Waals surface area contributed by atoms with Gasteiger partial charge in [-0.25, -0.2) is 0 Å². The van der Waals surface area contributed by atoms with Crippen LogP contribution in [0, 0.1) is 0 Å². The maximum atomic E-state index is 13.1. The number of benzene rings is 1. The summed E-state index contributed by atoms with van der Waals surface area (Å²) < 4.78 is 0. The molecule has 0 spiro atoms. The molecule has 136 valence electrons. The summed E-state index contributed by atoms with van der Waals surface area (Å²) >= 11 is 0. The van der Waals surface area contributed by atoms with E-state index >= 15 is 0 Å². The minimum absolute atomic E-state index is 0.0586. The minimum atomic E-state index is -0.347. The number of likely N-dealkylation sites (tertiary alicyclic amines) is 1. The smallest absolute Gasteiger partial charge is 0.245 e. The first-order valence-corrected chi connectivity index (χ1v) is 9.20. The van der Waals surface area contributed by atoms with E-state index in [1.165, 1.54) is 0 Å². The predicted octanol–water partition coefficient (Wildman–Crippen LogP) is 2.66. The summed E-state index contributed by atoms with van der Waals surface area (Å²) in [5.41, 5.74) is 2.22. The van der Waals surface area contributed by atoms with Crippen LogP contribution in [0.15, 0.2) is 54.9 Å². The molecule has 1 saturated heterocycles. The minimum Gasteiger partial charge on any atom is -0.341 e. The van der Waals surface area contributed by atoms with E-state index in [0.717, 1.165) is 17.5 Å². The van der Waals surface area contributed by atoms with Gasteiger partial charge in [0.05, 0.1) is 0 Å². The van der Waals surface area contributed by atoms with Crippen LogP contribution in [0.1, 0.15) is 30.9 Å². The maximum Gasteiger partial charge on any atom is 0.245 e. The Morgan fingerprint density at radius 3 is 2.58 bits per heavy atom. The first-order valence-electron chi connectivity index (χ1n) is 9.20. The number of likely N-dealkylation sites (N-methyl/N-ethyl adjacent to an activating group) is 1. The lowest BCUT2D eigenvalue weighted by atomic mass is 10.1. The average Bonchev–Trinajstić information content (AvgIpc) is 3.04. The van der Waals surface area contributed by atoms with Crippen LogP contribution in [0.25, 0.3) is 0 Å². The molecular weight excluding hydrogens is 326 g/mol. The fourth-order valence-corrected chi connectivity index (χ4v) is 3.42. The molecule has 1 aliphatic heterocycles. The summed E-state index contributed by atoms with van der Waals surface area (Å²) in [6, 6.07) is 13.5. The molecule has 0 aliphatic carbocycles. The lowest BCUT2D eigenvalue weighted by molar-refractivity contribution is -0.141. The number of carbonyl (C=O) groups is 2. The molecule has 5 nitrogen and oxygen atoms in total. The molecule has 1 fully saturated rings. The number of hydrogen-bond donors (Lipinski definition) is 0. The van der Waals surface area contributed by atoms with Gasteiger partial charge in [-0.3, -0.25) is 14.6 Å². The second-order valence-corrected chi connectivity index (χ2v) is 6.59. The summed E-state index contributed by atoms with van der Waals surface area (Å²) in [6.45, 7) is 3.79. The van der Waals surface area contributed by atoms with Crippen LogP contribution in [0.2, 0.25) is 0 Å². The van der Waals surface area contributed by atoms with Gasteiger partial charge in [-0.15, -0.1) is 0 Å². The van der Waals surface area contributed by atoms with Gasteiger partial charge in [-0.2, -0.15) is 0 Å². The van der Waals surface area contributed by atoms with Crippen molar-refractivity contribution in [2.75, 3.05) is 13.1 Å². The van der Waals surface area contributed by atoms with Crippen molar-refractivity contribution in [3.63, 3.8) is 0 Å². The van der Waals surface area contributed by atoms with Crippen molar-refractivity contribution in [2.45, 2.75) is 38.8 Å². The standard InChI is InChI=1S/C21H25N3O2/c1-2-23(15-12-17-10-13-22-14-11-17)21(26)19-8-9-20(25)24(19)16-18-6-4-3-5-7-18/h3-7,10-11,13-14,19H,2,8-9,12,15-16H2,1H3. The summed E-state index contributed by atoms with van der Waals surface area (Å²) in [5, 5.41) is 0. The zero-order valence-corrected chi connectivity index (χ0v) is 15.2. The monoisotopic (exact) mass is 351 g/mol. The summed E-state index contributed by atoms with van der Waals surface area (Å²) in [6.07, 6.45) is 5.39. The van der Waals surface area contributed by atoms with Gasteiger partial charge in [0.2, 0.25) is 11.8 Å². The first-order chi connectivity index (χ1) is 12.7. The Morgan fingerprint density at radius 2 is 1.88 bits per heavy atom. The molecule has 2 heterocycles. The molecule has 1 aliphatic rings. The van der Waals surface area contributed by atoms with Crippen molar-refractivity contribution < 1.29 is 9.59 Å². The Balaban J connectivity index is 1.66. The van der Waals surface area contributed by atoms with E-state index in [0.29, 0.717) is 32.5 Å². The number of nitrogens with zero attached hydrogens (tertiary/aromatic N) is 3. The van der Waals surface area contributed by atoms with Gasteiger partial charge in [-0.05, 0) is 43.0 Å². The van der Waals surface area contributed by atoms with Gasteiger partial charge in [0.1, 0.15) is 6.04 Å². The van der Waals surface area contributed by atoms with Crippen molar-refractivity contribution in [3.8, 4) is 0 Å². The number of hydrogen-bond acceptors (Lipinski definition) is 3. The van der Waals surface area contributed by atoms with Gasteiger partial charge in [0.15, 0.2) is 0 Å². The molecule has 26 heavy (non-hydrogen) atoms. The van der Waals surface area contributed by atoms with Crippen LogP contribution >= 0.6 is 0 Å². The Morgan fingerprint density at radius 1 is 1.15 bits per heavy atom. The number of amides is 2. The lowest BCUT2D eigenvalue weighted by Crippen LogP contribution is -2.47. The third-order valence-electron chi connectivity index (χ3n) is 4.92. The molecule has 0 saturated carbocycles. The molecule has 1 unspecified atom stereocenters. The Labute approximate surface area is 154 Å². The molecule has 0 N–H and O–H groups in total. The van der Waals surface area contributed by atoms with Crippen molar-refractivity contribution in [1.29, 1.82) is 0 Å². The summed E-state index contributed by atoms with van der Waals surface area (Å²) in [7, 11) is 0. The molecule has 3 rings (SSSR count). The van der Waals surface area contributed by atoms with Crippen LogP contribution < -0.4 is 0 Å². The van der Waals surface area contributed by atoms with E-state index < -0.39 is 0 Å².